The summed E-state index contributed by atoms with van der Waals surface area (Å²) in [5, 5.41) is 22.7. The Hall–Kier alpha value is -1.99. The van der Waals surface area contributed by atoms with Crippen LogP contribution in [0.5, 0.6) is 5.75 Å². The maximum absolute atomic E-state index is 10.9. The fraction of sp³-hybridized carbons (Fsp3) is 0.200. The van der Waals surface area contributed by atoms with Gasteiger partial charge >= 0.3 is 5.97 Å². The van der Waals surface area contributed by atoms with Crippen molar-refractivity contribution < 1.29 is 15.0 Å². The van der Waals surface area contributed by atoms with Gasteiger partial charge in [-0.3, -0.25) is 0 Å². The highest BCUT2D eigenvalue weighted by Gasteiger charge is 2.23. The minimum Gasteiger partial charge on any atom is -0.508 e. The first-order chi connectivity index (χ1) is 10.6. The van der Waals surface area contributed by atoms with Gasteiger partial charge < -0.3 is 15.5 Å². The molecule has 0 unspecified atom stereocenters. The molecule has 0 saturated carbocycles. The minimum atomic E-state index is -0.856. The molecule has 7 heteroatoms. The molecule has 0 saturated heterocycles. The average Bonchev–Trinajstić information content (AvgIpc) is 2.95. The molecule has 0 aliphatic carbocycles. The van der Waals surface area contributed by atoms with E-state index in [0.29, 0.717) is 12.2 Å². The van der Waals surface area contributed by atoms with Gasteiger partial charge in [0.25, 0.3) is 0 Å². The van der Waals surface area contributed by atoms with Gasteiger partial charge in [0.1, 0.15) is 16.8 Å². The van der Waals surface area contributed by atoms with E-state index in [-0.39, 0.29) is 5.75 Å². The van der Waals surface area contributed by atoms with Crippen molar-refractivity contribution in [2.24, 2.45) is 0 Å². The summed E-state index contributed by atoms with van der Waals surface area (Å²) < 4.78 is 0.941. The quantitative estimate of drug-likeness (QED) is 0.746. The van der Waals surface area contributed by atoms with E-state index >= 15 is 0 Å². The Morgan fingerprint density at radius 2 is 2.36 bits per heavy atom. The Balaban J connectivity index is 1.98. The predicted molar refractivity (Wildman–Crippen MR) is 90.2 cm³/mol. The van der Waals surface area contributed by atoms with Gasteiger partial charge in [0.2, 0.25) is 0 Å². The number of aliphatic carboxylic acids is 1. The van der Waals surface area contributed by atoms with Gasteiger partial charge in [0.15, 0.2) is 0 Å². The van der Waals surface area contributed by atoms with Gasteiger partial charge in [-0.15, -0.1) is 29.7 Å². The zero-order valence-electron chi connectivity index (χ0n) is 11.6. The number of nitrogens with one attached hydrogen (secondary N) is 1. The lowest BCUT2D eigenvalue weighted by Gasteiger charge is -2.18. The Morgan fingerprint density at radius 3 is 3.00 bits per heavy atom. The molecule has 0 spiro atoms. The average molecular weight is 334 g/mol. The molecule has 22 heavy (non-hydrogen) atoms. The molecule has 0 amide bonds. The summed E-state index contributed by atoms with van der Waals surface area (Å²) >= 11 is 2.97. The van der Waals surface area contributed by atoms with Gasteiger partial charge in [-0.25, -0.2) is 9.78 Å². The van der Waals surface area contributed by atoms with Crippen molar-refractivity contribution in [1.82, 2.24) is 10.3 Å². The Kier molecular flexibility index (Phi) is 4.08. The molecule has 0 bridgehead atoms. The van der Waals surface area contributed by atoms with Crippen LogP contribution >= 0.6 is 23.1 Å². The zero-order chi connectivity index (χ0) is 15.7. The summed E-state index contributed by atoms with van der Waals surface area (Å²) in [6.07, 6.45) is 4.04. The van der Waals surface area contributed by atoms with E-state index in [1.165, 1.54) is 23.1 Å². The van der Waals surface area contributed by atoms with E-state index in [1.807, 2.05) is 0 Å². The standard InChI is InChI=1S/C15H14N2O3S2/c1-2-3-8-11(18)5-4-9-13(8)22-14(17-9)12-6-16-10(7-21-12)15(19)20/h2,4-6,10,16,18H,1,3,7H2,(H,19,20)/t10-/m1/s1. The molecule has 3 rings (SSSR count). The van der Waals surface area contributed by atoms with Crippen LogP contribution in [-0.2, 0) is 11.2 Å². The molecule has 0 radical (unpaired) electrons. The Morgan fingerprint density at radius 1 is 1.55 bits per heavy atom. The molecule has 1 aromatic carbocycles. The molecule has 3 N–H and O–H groups in total. The number of rotatable bonds is 4. The lowest BCUT2D eigenvalue weighted by Crippen LogP contribution is -2.37. The molecule has 1 aliphatic rings. The van der Waals surface area contributed by atoms with E-state index in [0.717, 1.165) is 25.7 Å². The van der Waals surface area contributed by atoms with E-state index < -0.39 is 12.0 Å². The number of hydrogen-bond acceptors (Lipinski definition) is 6. The van der Waals surface area contributed by atoms with Crippen molar-refractivity contribution in [3.8, 4) is 5.75 Å². The third kappa shape index (κ3) is 2.69. The van der Waals surface area contributed by atoms with Gasteiger partial charge in [-0.1, -0.05) is 6.08 Å². The third-order valence-corrected chi connectivity index (χ3v) is 5.73. The fourth-order valence-corrected chi connectivity index (χ4v) is 4.42. The lowest BCUT2D eigenvalue weighted by molar-refractivity contribution is -0.138. The van der Waals surface area contributed by atoms with Crippen LogP contribution in [0.4, 0.5) is 0 Å². The van der Waals surface area contributed by atoms with Crippen LogP contribution in [0.1, 0.15) is 10.6 Å². The van der Waals surface area contributed by atoms with Crippen molar-refractivity contribution >= 4 is 44.2 Å². The summed E-state index contributed by atoms with van der Waals surface area (Å²) in [4.78, 5) is 16.4. The fourth-order valence-electron chi connectivity index (χ4n) is 2.19. The zero-order valence-corrected chi connectivity index (χ0v) is 13.2. The number of fused-ring (bicyclic) bond motifs is 1. The number of aromatic hydroxyl groups is 1. The van der Waals surface area contributed by atoms with Crippen molar-refractivity contribution in [3.05, 3.63) is 41.6 Å². The summed E-state index contributed by atoms with van der Waals surface area (Å²) in [5.74, 6) is -0.149. The van der Waals surface area contributed by atoms with Gasteiger partial charge in [-0.05, 0) is 18.6 Å². The smallest absolute Gasteiger partial charge is 0.326 e. The summed E-state index contributed by atoms with van der Waals surface area (Å²) in [6.45, 7) is 3.72. The van der Waals surface area contributed by atoms with Crippen LogP contribution in [0.15, 0.2) is 31.0 Å². The predicted octanol–water partition coefficient (Wildman–Crippen LogP) is 2.82. The lowest BCUT2D eigenvalue weighted by atomic mass is 10.1. The number of thioether (sulfide) groups is 1. The van der Waals surface area contributed by atoms with Crippen LogP contribution in [0.2, 0.25) is 0 Å². The van der Waals surface area contributed by atoms with Crippen LogP contribution in [0, 0.1) is 0 Å². The number of phenols is 1. The van der Waals surface area contributed by atoms with Crippen molar-refractivity contribution in [1.29, 1.82) is 0 Å². The van der Waals surface area contributed by atoms with Crippen LogP contribution in [-0.4, -0.2) is 33.0 Å². The van der Waals surface area contributed by atoms with E-state index in [4.69, 9.17) is 5.11 Å². The van der Waals surface area contributed by atoms with Crippen molar-refractivity contribution in [2.75, 3.05) is 5.75 Å². The number of allylic oxidation sites excluding steroid dienone is 1. The molecular formula is C15H14N2O3S2. The number of aromatic nitrogens is 1. The van der Waals surface area contributed by atoms with Gasteiger partial charge in [-0.2, -0.15) is 0 Å². The number of thiazole rings is 1. The topological polar surface area (TPSA) is 82.5 Å². The third-order valence-electron chi connectivity index (χ3n) is 3.31. The number of nitrogens with zero attached hydrogens (tertiary/aromatic N) is 1. The summed E-state index contributed by atoms with van der Waals surface area (Å²) in [5.41, 5.74) is 1.66. The van der Waals surface area contributed by atoms with E-state index in [1.54, 1.807) is 24.4 Å². The second-order valence-electron chi connectivity index (χ2n) is 4.80. The second-order valence-corrected chi connectivity index (χ2v) is 6.86. The van der Waals surface area contributed by atoms with Crippen LogP contribution in [0.3, 0.4) is 0 Å². The summed E-state index contributed by atoms with van der Waals surface area (Å²) in [7, 11) is 0. The monoisotopic (exact) mass is 334 g/mol. The van der Waals surface area contributed by atoms with Crippen molar-refractivity contribution in [3.63, 3.8) is 0 Å². The van der Waals surface area contributed by atoms with Crippen LogP contribution < -0.4 is 5.32 Å². The molecule has 2 aromatic rings. The molecule has 114 valence electrons. The SMILES string of the molecule is C=CCc1c(O)ccc2nc(C3=CN[C@@H](C(=O)O)CS3)sc12. The number of carbonyl (C=O) groups is 1. The van der Waals surface area contributed by atoms with E-state index in [9.17, 15) is 9.90 Å². The minimum absolute atomic E-state index is 0.247. The molecular weight excluding hydrogens is 320 g/mol. The maximum atomic E-state index is 10.9. The second kappa shape index (κ2) is 6.02. The van der Waals surface area contributed by atoms with Crippen LogP contribution in [0.25, 0.3) is 15.1 Å². The first-order valence-electron chi connectivity index (χ1n) is 6.64. The highest BCUT2D eigenvalue weighted by atomic mass is 32.2. The molecule has 2 heterocycles. The Bertz CT molecular complexity index is 782. The molecule has 1 aromatic heterocycles. The molecule has 5 nitrogen and oxygen atoms in total. The van der Waals surface area contributed by atoms with Crippen molar-refractivity contribution in [2.45, 2.75) is 12.5 Å². The number of benzene rings is 1. The van der Waals surface area contributed by atoms with Gasteiger partial charge in [0.05, 0.1) is 15.1 Å². The molecule has 1 aliphatic heterocycles. The first-order valence-corrected chi connectivity index (χ1v) is 8.45. The molecule has 0 fully saturated rings. The molecule has 1 atom stereocenters. The number of carboxylic acids is 1. The first kappa shape index (κ1) is 14.9. The maximum Gasteiger partial charge on any atom is 0.326 e. The number of hydrogen-bond donors (Lipinski definition) is 3. The highest BCUT2D eigenvalue weighted by molar-refractivity contribution is 8.08. The summed E-state index contributed by atoms with van der Waals surface area (Å²) in [6, 6.07) is 2.87. The van der Waals surface area contributed by atoms with Gasteiger partial charge in [0, 0.05) is 17.5 Å². The Labute approximate surface area is 135 Å². The van der Waals surface area contributed by atoms with E-state index in [2.05, 4.69) is 16.9 Å². The number of carboxylic acid groups (broad SMARTS) is 1. The number of phenolic OH excluding ortho intramolecular Hbond substituents is 1. The highest BCUT2D eigenvalue weighted by Crippen LogP contribution is 2.38. The largest absolute Gasteiger partial charge is 0.508 e. The normalized spacial score (nSPS) is 17.8.